The summed E-state index contributed by atoms with van der Waals surface area (Å²) in [7, 11) is -0.756. The Balaban J connectivity index is 1.44. The molecule has 1 heterocycles. The van der Waals surface area contributed by atoms with Crippen molar-refractivity contribution >= 4 is 21.6 Å². The van der Waals surface area contributed by atoms with Gasteiger partial charge in [0.1, 0.15) is 0 Å². The third kappa shape index (κ3) is 7.03. The summed E-state index contributed by atoms with van der Waals surface area (Å²) in [6.45, 7) is 2.20. The monoisotopic (exact) mass is 600 g/mol. The summed E-state index contributed by atoms with van der Waals surface area (Å²) in [5.74, 6) is 0.224. The third-order valence-corrected chi connectivity index (χ3v) is 9.22. The van der Waals surface area contributed by atoms with E-state index in [1.807, 2.05) is 67.6 Å². The molecule has 0 radical (unpaired) electrons. The molecule has 4 aromatic rings. The van der Waals surface area contributed by atoms with E-state index in [1.165, 1.54) is 14.2 Å². The smallest absolute Gasteiger partial charge is 0.319 e. The Morgan fingerprint density at radius 2 is 1.77 bits per heavy atom. The summed E-state index contributed by atoms with van der Waals surface area (Å²) < 4.78 is 40.1. The van der Waals surface area contributed by atoms with Crippen molar-refractivity contribution in [3.8, 4) is 11.9 Å². The number of rotatable bonds is 12. The molecule has 3 aromatic carbocycles. The molecule has 0 saturated carbocycles. The van der Waals surface area contributed by atoms with Gasteiger partial charge in [0.25, 0.3) is 0 Å². The molecule has 0 aliphatic heterocycles. The lowest BCUT2D eigenvalue weighted by Gasteiger charge is -2.25. The van der Waals surface area contributed by atoms with E-state index in [2.05, 4.69) is 14.7 Å². The number of nitrogens with zero attached hydrogens (tertiary/aromatic N) is 3. The highest BCUT2D eigenvalue weighted by Gasteiger charge is 2.29. The Bertz CT molecular complexity index is 1680. The van der Waals surface area contributed by atoms with Crippen LogP contribution in [0.4, 0.5) is 5.69 Å². The van der Waals surface area contributed by atoms with E-state index < -0.39 is 16.1 Å². The van der Waals surface area contributed by atoms with Gasteiger partial charge in [-0.05, 0) is 72.2 Å². The van der Waals surface area contributed by atoms with Crippen LogP contribution in [0.1, 0.15) is 53.6 Å². The minimum absolute atomic E-state index is 0.0900. The standard InChI is InChI=1S/C33H36N4O5S/c1-4-23-10-16-28(17-11-23)43(39,40)36-30-18-14-25-13-15-27(20-29(25)30)37(31(38)19-12-24-8-6-5-7-9-24)22-26-21-34-33(42-3)35-32(26)41-2/h5-11,13,15-17,20-21,30,36H,4,12,14,18-19,22H2,1-3H3. The van der Waals surface area contributed by atoms with Gasteiger partial charge in [0, 0.05) is 24.3 Å². The van der Waals surface area contributed by atoms with Crippen LogP contribution in [0.2, 0.25) is 0 Å². The van der Waals surface area contributed by atoms with Crippen molar-refractivity contribution in [1.82, 2.24) is 14.7 Å². The van der Waals surface area contributed by atoms with E-state index in [9.17, 15) is 13.2 Å². The molecule has 1 aromatic heterocycles. The van der Waals surface area contributed by atoms with E-state index in [0.717, 1.165) is 35.1 Å². The van der Waals surface area contributed by atoms with E-state index in [0.29, 0.717) is 30.0 Å². The molecule has 0 bridgehead atoms. The summed E-state index contributed by atoms with van der Waals surface area (Å²) in [5, 5.41) is 0. The minimum Gasteiger partial charge on any atom is -0.481 e. The molecule has 43 heavy (non-hydrogen) atoms. The number of aromatic nitrogens is 2. The first-order valence-corrected chi connectivity index (χ1v) is 15.8. The second-order valence-corrected chi connectivity index (χ2v) is 12.2. The first kappa shape index (κ1) is 30.2. The van der Waals surface area contributed by atoms with E-state index in [-0.39, 0.29) is 29.8 Å². The van der Waals surface area contributed by atoms with Gasteiger partial charge in [-0.25, -0.2) is 18.1 Å². The van der Waals surface area contributed by atoms with Crippen molar-refractivity contribution < 1.29 is 22.7 Å². The fraction of sp³-hybridized carbons (Fsp3) is 0.303. The predicted octanol–water partition coefficient (Wildman–Crippen LogP) is 5.19. The maximum absolute atomic E-state index is 13.8. The number of aryl methyl sites for hydroxylation is 3. The highest BCUT2D eigenvalue weighted by Crippen LogP contribution is 2.36. The van der Waals surface area contributed by atoms with Gasteiger partial charge in [-0.15, -0.1) is 0 Å². The van der Waals surface area contributed by atoms with Gasteiger partial charge in [0.2, 0.25) is 21.8 Å². The molecule has 1 N–H and O–H groups in total. The summed E-state index contributed by atoms with van der Waals surface area (Å²) in [4.78, 5) is 24.2. The van der Waals surface area contributed by atoms with Gasteiger partial charge in [-0.3, -0.25) is 4.79 Å². The lowest BCUT2D eigenvalue weighted by molar-refractivity contribution is -0.118. The van der Waals surface area contributed by atoms with Crippen molar-refractivity contribution in [3.05, 3.63) is 107 Å². The molecule has 1 amide bonds. The molecule has 0 spiro atoms. The molecule has 9 nitrogen and oxygen atoms in total. The van der Waals surface area contributed by atoms with Crippen LogP contribution in [-0.2, 0) is 40.6 Å². The van der Waals surface area contributed by atoms with E-state index in [1.54, 1.807) is 23.2 Å². The molecule has 10 heteroatoms. The average Bonchev–Trinajstić information content (AvgIpc) is 3.43. The fourth-order valence-corrected chi connectivity index (χ4v) is 6.57. The quantitative estimate of drug-likeness (QED) is 0.238. The van der Waals surface area contributed by atoms with Crippen LogP contribution in [0.5, 0.6) is 11.9 Å². The number of sulfonamides is 1. The van der Waals surface area contributed by atoms with Crippen LogP contribution in [0, 0.1) is 0 Å². The number of methoxy groups -OCH3 is 2. The van der Waals surface area contributed by atoms with Gasteiger partial charge < -0.3 is 14.4 Å². The first-order chi connectivity index (χ1) is 20.8. The maximum Gasteiger partial charge on any atom is 0.319 e. The predicted molar refractivity (Wildman–Crippen MR) is 165 cm³/mol. The van der Waals surface area contributed by atoms with Crippen LogP contribution >= 0.6 is 0 Å². The summed E-state index contributed by atoms with van der Waals surface area (Å²) in [6.07, 6.45) is 4.66. The van der Waals surface area contributed by atoms with E-state index in [4.69, 9.17) is 9.47 Å². The van der Waals surface area contributed by atoms with Gasteiger partial charge in [-0.1, -0.05) is 55.5 Å². The number of fused-ring (bicyclic) bond motifs is 1. The van der Waals surface area contributed by atoms with Gasteiger partial charge in [0.05, 0.1) is 31.2 Å². The lowest BCUT2D eigenvalue weighted by atomic mass is 10.1. The minimum atomic E-state index is -3.74. The molecule has 1 unspecified atom stereocenters. The second kappa shape index (κ2) is 13.4. The second-order valence-electron chi connectivity index (χ2n) is 10.4. The average molecular weight is 601 g/mol. The number of benzene rings is 3. The molecule has 0 fully saturated rings. The zero-order chi connectivity index (χ0) is 30.4. The van der Waals surface area contributed by atoms with Crippen LogP contribution in [0.15, 0.2) is 83.9 Å². The largest absolute Gasteiger partial charge is 0.481 e. The van der Waals surface area contributed by atoms with Crippen molar-refractivity contribution in [2.75, 3.05) is 19.1 Å². The highest BCUT2D eigenvalue weighted by atomic mass is 32.2. The van der Waals surface area contributed by atoms with Crippen molar-refractivity contribution in [2.45, 2.75) is 56.5 Å². The molecular weight excluding hydrogens is 564 g/mol. The Hall–Kier alpha value is -4.28. The number of carbonyl (C=O) groups excluding carboxylic acids is 1. The zero-order valence-electron chi connectivity index (χ0n) is 24.6. The zero-order valence-corrected chi connectivity index (χ0v) is 25.4. The van der Waals surface area contributed by atoms with Crippen LogP contribution < -0.4 is 19.1 Å². The fourth-order valence-electron chi connectivity index (χ4n) is 5.32. The topological polar surface area (TPSA) is 111 Å². The van der Waals surface area contributed by atoms with Crippen LogP contribution in [0.3, 0.4) is 0 Å². The summed E-state index contributed by atoms with van der Waals surface area (Å²) in [5.41, 5.74) is 5.34. The molecule has 224 valence electrons. The number of anilines is 1. The molecule has 1 aliphatic carbocycles. The summed E-state index contributed by atoms with van der Waals surface area (Å²) in [6, 6.07) is 22.4. The normalized spacial score (nSPS) is 14.3. The lowest BCUT2D eigenvalue weighted by Crippen LogP contribution is -2.31. The molecule has 5 rings (SSSR count). The van der Waals surface area contributed by atoms with Crippen molar-refractivity contribution in [3.63, 3.8) is 0 Å². The molecule has 1 aliphatic rings. The highest BCUT2D eigenvalue weighted by molar-refractivity contribution is 7.89. The number of hydrogen-bond donors (Lipinski definition) is 1. The van der Waals surface area contributed by atoms with Crippen molar-refractivity contribution in [2.24, 2.45) is 0 Å². The number of ether oxygens (including phenoxy) is 2. The Morgan fingerprint density at radius 1 is 1.00 bits per heavy atom. The van der Waals surface area contributed by atoms with Crippen molar-refractivity contribution in [1.29, 1.82) is 0 Å². The Labute approximate surface area is 253 Å². The van der Waals surface area contributed by atoms with Gasteiger partial charge >= 0.3 is 6.01 Å². The van der Waals surface area contributed by atoms with Crippen LogP contribution in [0.25, 0.3) is 0 Å². The molecular formula is C33H36N4O5S. The number of hydrogen-bond acceptors (Lipinski definition) is 7. The Morgan fingerprint density at radius 3 is 2.47 bits per heavy atom. The first-order valence-electron chi connectivity index (χ1n) is 14.3. The Kier molecular flexibility index (Phi) is 9.37. The SMILES string of the molecule is CCc1ccc(S(=O)(=O)NC2CCc3ccc(N(Cc4cnc(OC)nc4OC)C(=O)CCc4ccccc4)cc32)cc1. The molecule has 0 saturated heterocycles. The number of nitrogens with one attached hydrogen (secondary N) is 1. The molecule has 1 atom stereocenters. The summed E-state index contributed by atoms with van der Waals surface area (Å²) >= 11 is 0. The van der Waals surface area contributed by atoms with E-state index >= 15 is 0 Å². The third-order valence-electron chi connectivity index (χ3n) is 7.74. The number of amides is 1. The van der Waals surface area contributed by atoms with Gasteiger partial charge in [0.15, 0.2) is 0 Å². The maximum atomic E-state index is 13.8. The van der Waals surface area contributed by atoms with Gasteiger partial charge in [-0.2, -0.15) is 4.98 Å². The van der Waals surface area contributed by atoms with Crippen LogP contribution in [-0.4, -0.2) is 38.5 Å². The number of carbonyl (C=O) groups is 1.